The summed E-state index contributed by atoms with van der Waals surface area (Å²) in [5, 5.41) is 5.89. The zero-order valence-corrected chi connectivity index (χ0v) is 15.9. The highest BCUT2D eigenvalue weighted by atomic mass is 16.5. The molecule has 2 N–H and O–H groups in total. The van der Waals surface area contributed by atoms with E-state index in [1.54, 1.807) is 18.9 Å². The number of methoxy groups -OCH3 is 1. The van der Waals surface area contributed by atoms with Gasteiger partial charge in [0.15, 0.2) is 0 Å². The van der Waals surface area contributed by atoms with Crippen LogP contribution in [0.25, 0.3) is 0 Å². The van der Waals surface area contributed by atoms with E-state index in [0.29, 0.717) is 25.7 Å². The van der Waals surface area contributed by atoms with Gasteiger partial charge in [0.2, 0.25) is 5.91 Å². The molecule has 0 radical (unpaired) electrons. The summed E-state index contributed by atoms with van der Waals surface area (Å²) in [7, 11) is 1.65. The summed E-state index contributed by atoms with van der Waals surface area (Å²) in [5.74, 6) is 0.843. The fourth-order valence-corrected chi connectivity index (χ4v) is 3.38. The average Bonchev–Trinajstić information content (AvgIpc) is 2.65. The van der Waals surface area contributed by atoms with Crippen molar-refractivity contribution < 1.29 is 14.3 Å². The second kappa shape index (κ2) is 10.7. The number of nitrogens with zero attached hydrogens (tertiary/aromatic N) is 1. The molecule has 1 aliphatic rings. The fraction of sp³-hybridized carbons (Fsp3) is 0.600. The van der Waals surface area contributed by atoms with Crippen molar-refractivity contribution in [2.45, 2.75) is 51.5 Å². The number of hydrogen-bond donors (Lipinski definition) is 2. The lowest BCUT2D eigenvalue weighted by Crippen LogP contribution is -2.45. The van der Waals surface area contributed by atoms with E-state index < -0.39 is 0 Å². The standard InChI is InChI=1S/C20H31N3O3/c1-16(24)23(14-12-17-8-6-7-11-19(17)26-2)15-13-21-20(25)22-18-9-4-3-5-10-18/h6-8,11,18H,3-5,9-10,12-15H2,1-2H3,(H2,21,22,25). The Morgan fingerprint density at radius 1 is 1.15 bits per heavy atom. The number of carbonyl (C=O) groups excluding carboxylic acids is 2. The van der Waals surface area contributed by atoms with E-state index >= 15 is 0 Å². The van der Waals surface area contributed by atoms with Crippen LogP contribution in [0.1, 0.15) is 44.6 Å². The van der Waals surface area contributed by atoms with E-state index in [-0.39, 0.29) is 11.9 Å². The van der Waals surface area contributed by atoms with Crippen molar-refractivity contribution in [2.75, 3.05) is 26.7 Å². The van der Waals surface area contributed by atoms with Gasteiger partial charge in [-0.15, -0.1) is 0 Å². The van der Waals surface area contributed by atoms with Gasteiger partial charge >= 0.3 is 6.03 Å². The summed E-state index contributed by atoms with van der Waals surface area (Å²) in [5.41, 5.74) is 1.07. The molecule has 26 heavy (non-hydrogen) atoms. The van der Waals surface area contributed by atoms with E-state index in [1.165, 1.54) is 19.3 Å². The van der Waals surface area contributed by atoms with Crippen molar-refractivity contribution >= 4 is 11.9 Å². The highest BCUT2D eigenvalue weighted by molar-refractivity contribution is 5.75. The lowest BCUT2D eigenvalue weighted by atomic mass is 9.96. The van der Waals surface area contributed by atoms with Crippen LogP contribution in [0, 0.1) is 0 Å². The van der Waals surface area contributed by atoms with Crippen molar-refractivity contribution in [1.82, 2.24) is 15.5 Å². The number of carbonyl (C=O) groups is 2. The molecule has 1 aromatic rings. The first kappa shape index (κ1) is 20.1. The van der Waals surface area contributed by atoms with Crippen LogP contribution in [0.5, 0.6) is 5.75 Å². The molecule has 0 aliphatic heterocycles. The van der Waals surface area contributed by atoms with E-state index in [2.05, 4.69) is 10.6 Å². The first-order valence-corrected chi connectivity index (χ1v) is 9.52. The molecular weight excluding hydrogens is 330 g/mol. The first-order valence-electron chi connectivity index (χ1n) is 9.52. The van der Waals surface area contributed by atoms with E-state index in [0.717, 1.165) is 30.6 Å². The third-order valence-corrected chi connectivity index (χ3v) is 4.90. The van der Waals surface area contributed by atoms with Crippen LogP contribution in [-0.4, -0.2) is 49.6 Å². The van der Waals surface area contributed by atoms with Gasteiger partial charge in [0.25, 0.3) is 0 Å². The van der Waals surface area contributed by atoms with Crippen molar-refractivity contribution in [3.63, 3.8) is 0 Å². The van der Waals surface area contributed by atoms with Crippen molar-refractivity contribution in [3.8, 4) is 5.75 Å². The Balaban J connectivity index is 1.73. The maximum Gasteiger partial charge on any atom is 0.315 e. The van der Waals surface area contributed by atoms with E-state index in [9.17, 15) is 9.59 Å². The quantitative estimate of drug-likeness (QED) is 0.748. The van der Waals surface area contributed by atoms with Gasteiger partial charge in [-0.3, -0.25) is 4.79 Å². The van der Waals surface area contributed by atoms with Gasteiger partial charge in [-0.05, 0) is 30.9 Å². The monoisotopic (exact) mass is 361 g/mol. The van der Waals surface area contributed by atoms with Crippen LogP contribution in [-0.2, 0) is 11.2 Å². The number of para-hydroxylation sites is 1. The summed E-state index contributed by atoms with van der Waals surface area (Å²) in [6, 6.07) is 7.98. The minimum Gasteiger partial charge on any atom is -0.496 e. The van der Waals surface area contributed by atoms with Crippen molar-refractivity contribution in [1.29, 1.82) is 0 Å². The summed E-state index contributed by atoms with van der Waals surface area (Å²) in [6.45, 7) is 3.11. The molecule has 3 amide bonds. The number of ether oxygens (including phenoxy) is 1. The predicted molar refractivity (Wildman–Crippen MR) is 102 cm³/mol. The predicted octanol–water partition coefficient (Wildman–Crippen LogP) is 2.72. The molecule has 0 spiro atoms. The largest absolute Gasteiger partial charge is 0.496 e. The normalized spacial score (nSPS) is 14.5. The molecule has 144 valence electrons. The average molecular weight is 361 g/mol. The summed E-state index contributed by atoms with van der Waals surface area (Å²) < 4.78 is 5.35. The minimum absolute atomic E-state index is 0.00869. The van der Waals surface area contributed by atoms with E-state index in [4.69, 9.17) is 4.74 Å². The van der Waals surface area contributed by atoms with E-state index in [1.807, 2.05) is 24.3 Å². The van der Waals surface area contributed by atoms with Crippen LogP contribution in [0.4, 0.5) is 4.79 Å². The highest BCUT2D eigenvalue weighted by Crippen LogP contribution is 2.18. The number of amides is 3. The molecular formula is C20H31N3O3. The molecule has 1 aliphatic carbocycles. The Morgan fingerprint density at radius 3 is 2.58 bits per heavy atom. The molecule has 0 aromatic heterocycles. The molecule has 6 heteroatoms. The molecule has 6 nitrogen and oxygen atoms in total. The number of urea groups is 1. The molecule has 2 rings (SSSR count). The molecule has 0 heterocycles. The maximum absolute atomic E-state index is 12.0. The van der Waals surface area contributed by atoms with Gasteiger partial charge in [0, 0.05) is 32.6 Å². The Morgan fingerprint density at radius 2 is 1.88 bits per heavy atom. The van der Waals surface area contributed by atoms with Gasteiger partial charge in [-0.2, -0.15) is 0 Å². The molecule has 0 atom stereocenters. The lowest BCUT2D eigenvalue weighted by Gasteiger charge is -2.24. The molecule has 1 aromatic carbocycles. The zero-order valence-electron chi connectivity index (χ0n) is 15.9. The zero-order chi connectivity index (χ0) is 18.8. The van der Waals surface area contributed by atoms with Crippen LogP contribution < -0.4 is 15.4 Å². The number of rotatable bonds is 8. The van der Waals surface area contributed by atoms with Crippen LogP contribution in [0.2, 0.25) is 0 Å². The molecule has 1 saturated carbocycles. The Bertz CT molecular complexity index is 585. The topological polar surface area (TPSA) is 70.7 Å². The van der Waals surface area contributed by atoms with Gasteiger partial charge in [-0.25, -0.2) is 4.79 Å². The third-order valence-electron chi connectivity index (χ3n) is 4.90. The first-order chi connectivity index (χ1) is 12.6. The Hall–Kier alpha value is -2.24. The summed E-state index contributed by atoms with van der Waals surface area (Å²) in [4.78, 5) is 25.6. The second-order valence-corrected chi connectivity index (χ2v) is 6.80. The van der Waals surface area contributed by atoms with Crippen molar-refractivity contribution in [2.24, 2.45) is 0 Å². The van der Waals surface area contributed by atoms with Gasteiger partial charge < -0.3 is 20.3 Å². The lowest BCUT2D eigenvalue weighted by molar-refractivity contribution is -0.128. The maximum atomic E-state index is 12.0. The molecule has 0 bridgehead atoms. The van der Waals surface area contributed by atoms with Crippen molar-refractivity contribution in [3.05, 3.63) is 29.8 Å². The number of benzene rings is 1. The number of hydrogen-bond acceptors (Lipinski definition) is 3. The minimum atomic E-state index is -0.134. The van der Waals surface area contributed by atoms with Crippen LogP contribution in [0.3, 0.4) is 0 Å². The molecule has 0 saturated heterocycles. The molecule has 1 fully saturated rings. The van der Waals surface area contributed by atoms with Crippen LogP contribution >= 0.6 is 0 Å². The highest BCUT2D eigenvalue weighted by Gasteiger charge is 2.16. The fourth-order valence-electron chi connectivity index (χ4n) is 3.38. The third kappa shape index (κ3) is 6.58. The Kier molecular flexibility index (Phi) is 8.25. The summed E-state index contributed by atoms with van der Waals surface area (Å²) >= 11 is 0. The Labute approximate surface area is 156 Å². The smallest absolute Gasteiger partial charge is 0.315 e. The summed E-state index contributed by atoms with van der Waals surface area (Å²) in [6.07, 6.45) is 6.48. The molecule has 0 unspecified atom stereocenters. The second-order valence-electron chi connectivity index (χ2n) is 6.80. The number of nitrogens with one attached hydrogen (secondary N) is 2. The SMILES string of the molecule is COc1ccccc1CCN(CCNC(=O)NC1CCCCC1)C(C)=O. The van der Waals surface area contributed by atoms with Gasteiger partial charge in [0.1, 0.15) is 5.75 Å². The van der Waals surface area contributed by atoms with Crippen LogP contribution in [0.15, 0.2) is 24.3 Å². The van der Waals surface area contributed by atoms with Gasteiger partial charge in [-0.1, -0.05) is 37.5 Å². The van der Waals surface area contributed by atoms with Gasteiger partial charge in [0.05, 0.1) is 7.11 Å².